The van der Waals surface area contributed by atoms with Crippen molar-refractivity contribution >= 4 is 5.91 Å². The number of benzene rings is 1. The number of piperidine rings is 1. The minimum absolute atomic E-state index is 0.0846. The number of rotatable bonds is 5. The Hall–Kier alpha value is -3.10. The molecule has 1 aliphatic rings. The first-order chi connectivity index (χ1) is 14.1. The second-order valence-corrected chi connectivity index (χ2v) is 7.33. The summed E-state index contributed by atoms with van der Waals surface area (Å²) in [7, 11) is 0. The number of aromatic amines is 1. The lowest BCUT2D eigenvalue weighted by Gasteiger charge is -2.30. The Morgan fingerprint density at radius 2 is 2.14 bits per heavy atom. The van der Waals surface area contributed by atoms with Crippen LogP contribution in [0.2, 0.25) is 0 Å². The van der Waals surface area contributed by atoms with E-state index in [0.717, 1.165) is 30.9 Å². The molecule has 0 saturated carbocycles. The molecule has 29 heavy (non-hydrogen) atoms. The highest BCUT2D eigenvalue weighted by Crippen LogP contribution is 2.25. The number of hydrogen-bond donors (Lipinski definition) is 1. The Morgan fingerprint density at radius 3 is 2.86 bits per heavy atom. The fourth-order valence-corrected chi connectivity index (χ4v) is 3.69. The molecule has 1 fully saturated rings. The van der Waals surface area contributed by atoms with E-state index in [0.29, 0.717) is 31.0 Å². The molecule has 2 aromatic heterocycles. The van der Waals surface area contributed by atoms with E-state index in [1.54, 1.807) is 23.1 Å². The lowest BCUT2D eigenvalue weighted by molar-refractivity contribution is 0.0692. The highest BCUT2D eigenvalue weighted by molar-refractivity contribution is 5.90. The van der Waals surface area contributed by atoms with E-state index in [9.17, 15) is 9.18 Å². The van der Waals surface area contributed by atoms with E-state index < -0.39 is 5.82 Å². The van der Waals surface area contributed by atoms with Crippen molar-refractivity contribution in [3.8, 4) is 5.69 Å². The minimum atomic E-state index is -0.397. The minimum Gasteiger partial charge on any atom is -0.335 e. The van der Waals surface area contributed by atoms with Gasteiger partial charge in [-0.15, -0.1) is 5.10 Å². The molecule has 0 aliphatic carbocycles. The van der Waals surface area contributed by atoms with Crippen molar-refractivity contribution in [3.05, 3.63) is 53.4 Å². The number of para-hydroxylation sites is 1. The maximum absolute atomic E-state index is 14.3. The molecule has 3 heterocycles. The molecule has 0 unspecified atom stereocenters. The van der Waals surface area contributed by atoms with Crippen LogP contribution in [0.1, 0.15) is 60.2 Å². The van der Waals surface area contributed by atoms with Crippen LogP contribution in [0.3, 0.4) is 0 Å². The maximum atomic E-state index is 14.3. The topological polar surface area (TPSA) is 92.6 Å². The number of carbonyl (C=O) groups excluding carboxylic acids is 1. The molecule has 1 aromatic carbocycles. The summed E-state index contributed by atoms with van der Waals surface area (Å²) in [5.41, 5.74) is 0.301. The van der Waals surface area contributed by atoms with Gasteiger partial charge in [0.05, 0.1) is 0 Å². The number of hydrogen-bond acceptors (Lipinski definition) is 5. The zero-order chi connectivity index (χ0) is 20.4. The van der Waals surface area contributed by atoms with Crippen LogP contribution in [0.15, 0.2) is 24.3 Å². The molecule has 1 saturated heterocycles. The second kappa shape index (κ2) is 8.10. The largest absolute Gasteiger partial charge is 0.335 e. The number of nitrogens with zero attached hydrogens (tertiary/aromatic N) is 6. The predicted octanol–water partition coefficient (Wildman–Crippen LogP) is 2.81. The standard InChI is InChI=1S/C20H24FN7O/c1-3-7-17-23-19(26-28(17)16-10-5-4-9-15(16)21)20(29)27-11-6-8-14(12-27)18-22-13(2)24-25-18/h4-5,9-10,14H,3,6-8,11-12H2,1-2H3,(H,22,24,25)/t14-/m1/s1. The van der Waals surface area contributed by atoms with Crippen molar-refractivity contribution in [2.24, 2.45) is 0 Å². The highest BCUT2D eigenvalue weighted by Gasteiger charge is 2.30. The molecular formula is C20H24FN7O. The number of carbonyl (C=O) groups is 1. The van der Waals surface area contributed by atoms with Gasteiger partial charge in [-0.3, -0.25) is 9.89 Å². The number of aryl methyl sites for hydroxylation is 2. The Kier molecular flexibility index (Phi) is 5.37. The van der Waals surface area contributed by atoms with Gasteiger partial charge in [0.2, 0.25) is 5.82 Å². The van der Waals surface area contributed by atoms with E-state index in [-0.39, 0.29) is 17.6 Å². The number of nitrogens with one attached hydrogen (secondary N) is 1. The summed E-state index contributed by atoms with van der Waals surface area (Å²) in [6, 6.07) is 6.38. The van der Waals surface area contributed by atoms with Gasteiger partial charge in [0.25, 0.3) is 5.91 Å². The van der Waals surface area contributed by atoms with Crippen LogP contribution in [0.25, 0.3) is 5.69 Å². The molecule has 3 aromatic rings. The van der Waals surface area contributed by atoms with Gasteiger partial charge < -0.3 is 4.90 Å². The predicted molar refractivity (Wildman–Crippen MR) is 104 cm³/mol. The van der Waals surface area contributed by atoms with E-state index in [1.165, 1.54) is 10.7 Å². The van der Waals surface area contributed by atoms with Crippen LogP contribution in [-0.2, 0) is 6.42 Å². The van der Waals surface area contributed by atoms with Gasteiger partial charge in [-0.1, -0.05) is 19.1 Å². The van der Waals surface area contributed by atoms with Crippen LogP contribution in [-0.4, -0.2) is 53.8 Å². The van der Waals surface area contributed by atoms with E-state index in [2.05, 4.69) is 25.3 Å². The summed E-state index contributed by atoms with van der Waals surface area (Å²) in [5, 5.41) is 11.5. The molecule has 8 nitrogen and oxygen atoms in total. The van der Waals surface area contributed by atoms with E-state index in [4.69, 9.17) is 0 Å². The van der Waals surface area contributed by atoms with Crippen molar-refractivity contribution in [1.29, 1.82) is 0 Å². The van der Waals surface area contributed by atoms with Gasteiger partial charge in [-0.05, 0) is 38.3 Å². The molecule has 0 spiro atoms. The quantitative estimate of drug-likeness (QED) is 0.715. The van der Waals surface area contributed by atoms with Crippen molar-refractivity contribution in [3.63, 3.8) is 0 Å². The molecule has 1 N–H and O–H groups in total. The van der Waals surface area contributed by atoms with Crippen molar-refractivity contribution < 1.29 is 9.18 Å². The molecule has 4 rings (SSSR count). The van der Waals surface area contributed by atoms with Gasteiger partial charge in [0.1, 0.15) is 23.2 Å². The Balaban J connectivity index is 1.60. The van der Waals surface area contributed by atoms with Gasteiger partial charge in [-0.25, -0.2) is 19.0 Å². The number of aromatic nitrogens is 6. The summed E-state index contributed by atoms with van der Waals surface area (Å²) in [6.07, 6.45) is 3.21. The lowest BCUT2D eigenvalue weighted by Crippen LogP contribution is -2.40. The Bertz CT molecular complexity index is 1010. The van der Waals surface area contributed by atoms with E-state index >= 15 is 0 Å². The molecular weight excluding hydrogens is 373 g/mol. The Labute approximate surface area is 168 Å². The first kappa shape index (κ1) is 19.2. The summed E-state index contributed by atoms with van der Waals surface area (Å²) in [5.74, 6) is 1.62. The zero-order valence-electron chi connectivity index (χ0n) is 16.6. The smallest absolute Gasteiger partial charge is 0.293 e. The summed E-state index contributed by atoms with van der Waals surface area (Å²) in [4.78, 5) is 23.7. The summed E-state index contributed by atoms with van der Waals surface area (Å²) in [6.45, 7) is 5.02. The number of halogens is 1. The monoisotopic (exact) mass is 397 g/mol. The lowest BCUT2D eigenvalue weighted by atomic mass is 9.97. The van der Waals surface area contributed by atoms with Crippen LogP contribution in [0.4, 0.5) is 4.39 Å². The summed E-state index contributed by atoms with van der Waals surface area (Å²) < 4.78 is 15.8. The molecule has 1 atom stereocenters. The average Bonchev–Trinajstić information content (AvgIpc) is 3.35. The first-order valence-corrected chi connectivity index (χ1v) is 9.95. The van der Waals surface area contributed by atoms with Crippen molar-refractivity contribution in [1.82, 2.24) is 34.8 Å². The molecule has 1 aliphatic heterocycles. The average molecular weight is 397 g/mol. The third-order valence-corrected chi connectivity index (χ3v) is 5.11. The van der Waals surface area contributed by atoms with Crippen LogP contribution in [0, 0.1) is 12.7 Å². The second-order valence-electron chi connectivity index (χ2n) is 7.33. The van der Waals surface area contributed by atoms with Crippen molar-refractivity contribution in [2.45, 2.75) is 45.4 Å². The normalized spacial score (nSPS) is 16.9. The number of H-pyrrole nitrogens is 1. The fourth-order valence-electron chi connectivity index (χ4n) is 3.69. The van der Waals surface area contributed by atoms with Gasteiger partial charge >= 0.3 is 0 Å². The third-order valence-electron chi connectivity index (χ3n) is 5.11. The van der Waals surface area contributed by atoms with Gasteiger partial charge in [-0.2, -0.15) is 5.10 Å². The molecule has 1 amide bonds. The molecule has 152 valence electrons. The zero-order valence-corrected chi connectivity index (χ0v) is 16.6. The number of amides is 1. The maximum Gasteiger partial charge on any atom is 0.293 e. The molecule has 0 bridgehead atoms. The van der Waals surface area contributed by atoms with Crippen molar-refractivity contribution in [2.75, 3.05) is 13.1 Å². The highest BCUT2D eigenvalue weighted by atomic mass is 19.1. The first-order valence-electron chi connectivity index (χ1n) is 9.95. The van der Waals surface area contributed by atoms with E-state index in [1.807, 2.05) is 13.8 Å². The van der Waals surface area contributed by atoms with Crippen LogP contribution < -0.4 is 0 Å². The third kappa shape index (κ3) is 3.90. The van der Waals surface area contributed by atoms with Gasteiger partial charge in [0, 0.05) is 25.4 Å². The van der Waals surface area contributed by atoms with Gasteiger partial charge in [0.15, 0.2) is 5.82 Å². The fraction of sp³-hybridized carbons (Fsp3) is 0.450. The SMILES string of the molecule is CCCc1nc(C(=O)N2CCC[C@@H](c3n[nH]c(C)n3)C2)nn1-c1ccccc1F. The number of likely N-dealkylation sites (tertiary alicyclic amines) is 1. The molecule has 0 radical (unpaired) electrons. The summed E-state index contributed by atoms with van der Waals surface area (Å²) >= 11 is 0. The van der Waals surface area contributed by atoms with Crippen LogP contribution >= 0.6 is 0 Å². The Morgan fingerprint density at radius 1 is 1.31 bits per heavy atom. The van der Waals surface area contributed by atoms with Crippen LogP contribution in [0.5, 0.6) is 0 Å². The molecule has 9 heteroatoms.